The molecule has 11 heteroatoms. The fourth-order valence-corrected chi connectivity index (χ4v) is 2.45. The number of aliphatic carboxylic acids is 2. The van der Waals surface area contributed by atoms with Gasteiger partial charge >= 0.3 is 87.6 Å². The summed E-state index contributed by atoms with van der Waals surface area (Å²) >= 11 is -1.09. The molecule has 2 atom stereocenters. The predicted octanol–water partition coefficient (Wildman–Crippen LogP) is -0.122. The van der Waals surface area contributed by atoms with E-state index in [1.807, 2.05) is 13.8 Å². The van der Waals surface area contributed by atoms with Crippen LogP contribution in [0.3, 0.4) is 0 Å². The Morgan fingerprint density at radius 3 is 1.19 bits per heavy atom. The fourth-order valence-electron chi connectivity index (χ4n) is 1.39. The topological polar surface area (TPSA) is 167 Å². The van der Waals surface area contributed by atoms with Crippen LogP contribution in [-0.2, 0) is 55.3 Å². The molecule has 0 rings (SSSR count). The molecule has 0 saturated carbocycles. The van der Waals surface area contributed by atoms with E-state index in [2.05, 4.69) is 0 Å². The monoisotopic (exact) mass is 480 g/mol. The number of carboxylic acid groups (broad SMARTS) is 2. The molecule has 0 spiro atoms. The summed E-state index contributed by atoms with van der Waals surface area (Å²) < 4.78 is 10.3. The van der Waals surface area contributed by atoms with Crippen molar-refractivity contribution in [3.63, 3.8) is 0 Å². The Morgan fingerprint density at radius 2 is 1.00 bits per heavy atom. The summed E-state index contributed by atoms with van der Waals surface area (Å²) in [4.78, 5) is 61.8. The van der Waals surface area contributed by atoms with Crippen LogP contribution in [0.2, 0.25) is 0 Å². The van der Waals surface area contributed by atoms with Gasteiger partial charge in [0.15, 0.2) is 0 Å². The van der Waals surface area contributed by atoms with Gasteiger partial charge in [-0.3, -0.25) is 9.59 Å². The normalized spacial score (nSPS) is 11.3. The SMILES string of the molecule is CC(=O)C(C)[O][Ti+2][O]C(C)C(C)=O.CCCC(=O)CC(=O)[O-].CCCC(=O)CC(=O)[O-]. The summed E-state index contributed by atoms with van der Waals surface area (Å²) in [6.45, 7) is 9.93. The first-order chi connectivity index (χ1) is 14.3. The second-order valence-corrected chi connectivity index (χ2v) is 7.50. The number of rotatable bonds is 14. The van der Waals surface area contributed by atoms with E-state index in [0.29, 0.717) is 25.7 Å². The molecule has 0 aliphatic rings. The molecule has 0 saturated heterocycles. The largest absolute Gasteiger partial charge is 0.550 e. The minimum Gasteiger partial charge on any atom is -0.550 e. The molecule has 0 aromatic rings. The van der Waals surface area contributed by atoms with E-state index in [4.69, 9.17) is 6.64 Å². The Kier molecular flexibility index (Phi) is 23.5. The first-order valence-corrected chi connectivity index (χ1v) is 11.1. The molecule has 0 fully saturated rings. The van der Waals surface area contributed by atoms with Crippen molar-refractivity contribution in [2.75, 3.05) is 0 Å². The van der Waals surface area contributed by atoms with Gasteiger partial charge in [-0.05, 0) is 12.8 Å². The van der Waals surface area contributed by atoms with E-state index in [-0.39, 0.29) is 23.1 Å². The average Bonchev–Trinajstić information content (AvgIpc) is 2.61. The van der Waals surface area contributed by atoms with Crippen molar-refractivity contribution >= 4 is 35.1 Å². The Balaban J connectivity index is -0.000000390. The maximum absolute atomic E-state index is 10.7. The minimum atomic E-state index is -1.28. The van der Waals surface area contributed by atoms with Gasteiger partial charge in [-0.1, -0.05) is 13.8 Å². The van der Waals surface area contributed by atoms with Crippen LogP contribution in [0, 0.1) is 0 Å². The van der Waals surface area contributed by atoms with Crippen molar-refractivity contribution in [3.8, 4) is 0 Å². The minimum absolute atomic E-state index is 0.0252. The number of Topliss-reactive ketones (excluding diaryl/α,β-unsaturated/α-hetero) is 4. The van der Waals surface area contributed by atoms with Crippen molar-refractivity contribution in [1.82, 2.24) is 0 Å². The molecule has 0 aromatic heterocycles. The molecular formula is C20H32O10Ti. The van der Waals surface area contributed by atoms with Crippen molar-refractivity contribution < 1.29 is 65.5 Å². The third-order valence-electron chi connectivity index (χ3n) is 3.34. The van der Waals surface area contributed by atoms with Gasteiger partial charge in [-0.15, -0.1) is 0 Å². The maximum atomic E-state index is 10.7. The quantitative estimate of drug-likeness (QED) is 0.241. The zero-order valence-electron chi connectivity index (χ0n) is 19.0. The molecule has 0 aliphatic heterocycles. The zero-order chi connectivity index (χ0) is 25.0. The van der Waals surface area contributed by atoms with Gasteiger partial charge in [0.2, 0.25) is 0 Å². The van der Waals surface area contributed by atoms with Gasteiger partial charge < -0.3 is 19.8 Å². The van der Waals surface area contributed by atoms with Gasteiger partial charge in [0.05, 0.1) is 0 Å². The van der Waals surface area contributed by atoms with Crippen LogP contribution in [0.15, 0.2) is 0 Å². The number of ketones is 4. The maximum Gasteiger partial charge on any atom is 0.138 e. The second-order valence-electron chi connectivity index (χ2n) is 6.50. The van der Waals surface area contributed by atoms with Crippen molar-refractivity contribution in [1.29, 1.82) is 0 Å². The van der Waals surface area contributed by atoms with Crippen LogP contribution in [0.5, 0.6) is 0 Å². The molecular weight excluding hydrogens is 448 g/mol. The molecule has 0 amide bonds. The molecule has 0 aliphatic carbocycles. The molecule has 10 nitrogen and oxygen atoms in total. The summed E-state index contributed by atoms with van der Waals surface area (Å²) in [7, 11) is 0. The van der Waals surface area contributed by atoms with E-state index in [0.717, 1.165) is 0 Å². The Morgan fingerprint density at radius 1 is 0.710 bits per heavy atom. The van der Waals surface area contributed by atoms with Gasteiger partial charge in [0, 0.05) is 37.6 Å². The first kappa shape index (κ1) is 33.9. The van der Waals surface area contributed by atoms with Crippen LogP contribution in [0.4, 0.5) is 0 Å². The number of carboxylic acids is 2. The van der Waals surface area contributed by atoms with Crippen LogP contribution in [0.25, 0.3) is 0 Å². The van der Waals surface area contributed by atoms with Gasteiger partial charge in [0.1, 0.15) is 11.6 Å². The first-order valence-electron chi connectivity index (χ1n) is 9.78. The third-order valence-corrected chi connectivity index (χ3v) is 4.74. The van der Waals surface area contributed by atoms with Crippen molar-refractivity contribution in [2.24, 2.45) is 0 Å². The number of hydrogen-bond acceptors (Lipinski definition) is 10. The smallest absolute Gasteiger partial charge is 0.138 e. The second kappa shape index (κ2) is 21.5. The standard InChI is InChI=1S/2C6H10O3.2C4H7O2.Ti/c2*1-2-3-5(7)4-6(8)9;2*1-3(5)4(2)6;/h2*2-4H2,1H3,(H,8,9);2*3H,1-2H3;/q;;2*-1;+4/p-2. The van der Waals surface area contributed by atoms with Gasteiger partial charge in [0.25, 0.3) is 0 Å². The Labute approximate surface area is 192 Å². The summed E-state index contributed by atoms with van der Waals surface area (Å²) in [5, 5.41) is 19.5. The van der Waals surface area contributed by atoms with Crippen LogP contribution in [0.1, 0.15) is 80.1 Å². The van der Waals surface area contributed by atoms with Gasteiger partial charge in [-0.2, -0.15) is 0 Å². The zero-order valence-corrected chi connectivity index (χ0v) is 20.5. The van der Waals surface area contributed by atoms with E-state index in [1.165, 1.54) is 13.8 Å². The molecule has 0 radical (unpaired) electrons. The Bertz CT molecular complexity index is 539. The number of carbonyl (C=O) groups excluding carboxylic acids is 6. The fraction of sp³-hybridized carbons (Fsp3) is 0.700. The summed E-state index contributed by atoms with van der Waals surface area (Å²) in [5.74, 6) is -3.12. The summed E-state index contributed by atoms with van der Waals surface area (Å²) in [5.41, 5.74) is 0. The average molecular weight is 480 g/mol. The van der Waals surface area contributed by atoms with Crippen LogP contribution < -0.4 is 10.2 Å². The molecule has 0 heterocycles. The molecule has 31 heavy (non-hydrogen) atoms. The molecule has 176 valence electrons. The molecule has 0 N–H and O–H groups in total. The van der Waals surface area contributed by atoms with Crippen molar-refractivity contribution in [3.05, 3.63) is 0 Å². The summed E-state index contributed by atoms with van der Waals surface area (Å²) in [6.07, 6.45) is 0.375. The summed E-state index contributed by atoms with van der Waals surface area (Å²) in [6, 6.07) is 0. The number of hydrogen-bond donors (Lipinski definition) is 0. The van der Waals surface area contributed by atoms with Crippen molar-refractivity contribution in [2.45, 2.75) is 92.3 Å². The number of carbonyl (C=O) groups is 6. The molecule has 0 aromatic carbocycles. The molecule has 0 bridgehead atoms. The van der Waals surface area contributed by atoms with E-state index in [9.17, 15) is 39.0 Å². The van der Waals surface area contributed by atoms with Crippen LogP contribution >= 0.6 is 0 Å². The predicted molar refractivity (Wildman–Crippen MR) is 102 cm³/mol. The third kappa shape index (κ3) is 28.3. The Hall–Kier alpha value is -1.75. The van der Waals surface area contributed by atoms with E-state index < -0.39 is 56.9 Å². The van der Waals surface area contributed by atoms with E-state index >= 15 is 0 Å². The molecule has 2 unspecified atom stereocenters. The van der Waals surface area contributed by atoms with E-state index in [1.54, 1.807) is 13.8 Å². The van der Waals surface area contributed by atoms with Gasteiger partial charge in [-0.25, -0.2) is 0 Å². The van der Waals surface area contributed by atoms with Crippen LogP contribution in [-0.4, -0.2) is 47.3 Å².